The molecule has 2 aliphatic rings. The van der Waals surface area contributed by atoms with Gasteiger partial charge < -0.3 is 19.1 Å². The quantitative estimate of drug-likeness (QED) is 0.437. The predicted octanol–water partition coefficient (Wildman–Crippen LogP) is 5.58. The van der Waals surface area contributed by atoms with Crippen molar-refractivity contribution >= 4 is 29.9 Å². The number of benzene rings is 2. The van der Waals surface area contributed by atoms with Crippen molar-refractivity contribution in [1.82, 2.24) is 9.80 Å². The predicted molar refractivity (Wildman–Crippen MR) is 141 cm³/mol. The third kappa shape index (κ3) is 6.96. The standard InChI is InChI=1S/C27H34ClFN2O4.ClH/c1-18(2)14-31(16-20-11-22(28)26-25(13-20)34-9-4-10-35-26)27(32)21-7-8-30(17-21)15-19-5-6-23(29)24(12-19)33-3;/h5-6,11-13,18,21H,4,7-10,14-17H2,1-3H3;1H/t21-;/m1./s1. The molecule has 0 spiro atoms. The number of hydrogen-bond donors (Lipinski definition) is 0. The van der Waals surface area contributed by atoms with Crippen LogP contribution in [-0.4, -0.2) is 55.7 Å². The third-order valence-electron chi connectivity index (χ3n) is 6.38. The highest BCUT2D eigenvalue weighted by Gasteiger charge is 2.32. The lowest BCUT2D eigenvalue weighted by Gasteiger charge is -2.28. The first kappa shape index (κ1) is 28.4. The van der Waals surface area contributed by atoms with Crippen LogP contribution in [-0.2, 0) is 17.9 Å². The molecule has 198 valence electrons. The molecule has 0 bridgehead atoms. The van der Waals surface area contributed by atoms with E-state index in [0.717, 1.165) is 30.5 Å². The summed E-state index contributed by atoms with van der Waals surface area (Å²) in [6.45, 7) is 8.68. The second-order valence-electron chi connectivity index (χ2n) is 9.76. The molecule has 2 aromatic carbocycles. The molecular weight excluding hydrogens is 506 g/mol. The van der Waals surface area contributed by atoms with Gasteiger partial charge in [-0.15, -0.1) is 12.4 Å². The summed E-state index contributed by atoms with van der Waals surface area (Å²) >= 11 is 6.50. The zero-order valence-electron chi connectivity index (χ0n) is 21.1. The number of fused-ring (bicyclic) bond motifs is 1. The molecule has 1 amide bonds. The van der Waals surface area contributed by atoms with Crippen molar-refractivity contribution in [1.29, 1.82) is 0 Å². The van der Waals surface area contributed by atoms with Crippen LogP contribution in [0.25, 0.3) is 0 Å². The van der Waals surface area contributed by atoms with Crippen molar-refractivity contribution in [3.63, 3.8) is 0 Å². The molecule has 0 radical (unpaired) electrons. The average Bonchev–Trinajstić information content (AvgIpc) is 3.15. The Morgan fingerprint density at radius 1 is 1.22 bits per heavy atom. The monoisotopic (exact) mass is 540 g/mol. The number of rotatable bonds is 8. The van der Waals surface area contributed by atoms with Gasteiger partial charge in [-0.05, 0) is 54.3 Å². The first-order valence-corrected chi connectivity index (χ1v) is 12.6. The van der Waals surface area contributed by atoms with Crippen LogP contribution in [0.15, 0.2) is 30.3 Å². The number of amides is 1. The minimum Gasteiger partial charge on any atom is -0.494 e. The number of halogens is 3. The van der Waals surface area contributed by atoms with Crippen LogP contribution in [0.1, 0.15) is 37.8 Å². The maximum absolute atomic E-state index is 13.7. The Bertz CT molecular complexity index is 1050. The highest BCUT2D eigenvalue weighted by atomic mass is 35.5. The lowest BCUT2D eigenvalue weighted by Crippen LogP contribution is -2.39. The van der Waals surface area contributed by atoms with Crippen LogP contribution < -0.4 is 14.2 Å². The molecule has 1 atom stereocenters. The Balaban J connectivity index is 0.00000361. The van der Waals surface area contributed by atoms with Crippen LogP contribution >= 0.6 is 24.0 Å². The molecule has 1 saturated heterocycles. The maximum atomic E-state index is 13.7. The van der Waals surface area contributed by atoms with E-state index in [-0.39, 0.29) is 35.8 Å². The molecule has 0 aromatic heterocycles. The van der Waals surface area contributed by atoms with Gasteiger partial charge in [0.15, 0.2) is 23.1 Å². The number of likely N-dealkylation sites (tertiary alicyclic amines) is 1. The number of nitrogens with zero attached hydrogens (tertiary/aromatic N) is 2. The molecule has 1 fully saturated rings. The van der Waals surface area contributed by atoms with E-state index in [1.54, 1.807) is 12.1 Å². The van der Waals surface area contributed by atoms with Crippen LogP contribution in [0.2, 0.25) is 5.02 Å². The van der Waals surface area contributed by atoms with E-state index in [1.165, 1.54) is 13.2 Å². The Kier molecular flexibility index (Phi) is 10.1. The molecule has 9 heteroatoms. The summed E-state index contributed by atoms with van der Waals surface area (Å²) in [5.41, 5.74) is 1.90. The Labute approximate surface area is 224 Å². The first-order valence-electron chi connectivity index (χ1n) is 12.3. The van der Waals surface area contributed by atoms with Gasteiger partial charge in [0.1, 0.15) is 0 Å². The minimum atomic E-state index is -0.370. The van der Waals surface area contributed by atoms with E-state index in [1.807, 2.05) is 17.0 Å². The van der Waals surface area contributed by atoms with Crippen LogP contribution in [0.4, 0.5) is 4.39 Å². The molecule has 0 aliphatic carbocycles. The first-order chi connectivity index (χ1) is 16.8. The van der Waals surface area contributed by atoms with Crippen LogP contribution in [0, 0.1) is 17.7 Å². The normalized spacial score (nSPS) is 17.4. The van der Waals surface area contributed by atoms with Crippen molar-refractivity contribution in [2.45, 2.75) is 39.8 Å². The second kappa shape index (κ2) is 12.8. The molecular formula is C27H35Cl2FN2O4. The molecule has 4 rings (SSSR count). The van der Waals surface area contributed by atoms with E-state index in [9.17, 15) is 9.18 Å². The molecule has 36 heavy (non-hydrogen) atoms. The molecule has 0 unspecified atom stereocenters. The van der Waals surface area contributed by atoms with Crippen molar-refractivity contribution in [3.05, 3.63) is 52.3 Å². The smallest absolute Gasteiger partial charge is 0.227 e. The lowest BCUT2D eigenvalue weighted by atomic mass is 10.0. The van der Waals surface area contributed by atoms with Crippen LogP contribution in [0.3, 0.4) is 0 Å². The zero-order chi connectivity index (χ0) is 24.9. The topological polar surface area (TPSA) is 51.2 Å². The zero-order valence-corrected chi connectivity index (χ0v) is 22.7. The fraction of sp³-hybridized carbons (Fsp3) is 0.519. The summed E-state index contributed by atoms with van der Waals surface area (Å²) in [6.07, 6.45) is 1.61. The second-order valence-corrected chi connectivity index (χ2v) is 10.2. The van der Waals surface area contributed by atoms with E-state index < -0.39 is 0 Å². The van der Waals surface area contributed by atoms with Gasteiger partial charge >= 0.3 is 0 Å². The summed E-state index contributed by atoms with van der Waals surface area (Å²) in [5, 5.41) is 0.512. The van der Waals surface area contributed by atoms with E-state index >= 15 is 0 Å². The SMILES string of the molecule is COc1cc(CN2CC[C@@H](C(=O)N(Cc3cc(Cl)c4c(c3)OCCCO4)CC(C)C)C2)ccc1F.Cl. The highest BCUT2D eigenvalue weighted by molar-refractivity contribution is 6.32. The number of carbonyl (C=O) groups is 1. The van der Waals surface area contributed by atoms with Gasteiger partial charge in [-0.25, -0.2) is 4.39 Å². The van der Waals surface area contributed by atoms with Crippen molar-refractivity contribution in [2.24, 2.45) is 11.8 Å². The van der Waals surface area contributed by atoms with Crippen molar-refractivity contribution in [2.75, 3.05) is 40.0 Å². The fourth-order valence-corrected chi connectivity index (χ4v) is 5.05. The summed E-state index contributed by atoms with van der Waals surface area (Å²) in [4.78, 5) is 17.8. The number of carbonyl (C=O) groups excluding carboxylic acids is 1. The van der Waals surface area contributed by atoms with E-state index in [2.05, 4.69) is 18.7 Å². The van der Waals surface area contributed by atoms with E-state index in [4.69, 9.17) is 25.8 Å². The molecule has 0 saturated carbocycles. The number of hydrogen-bond acceptors (Lipinski definition) is 5. The van der Waals surface area contributed by atoms with Gasteiger partial charge in [-0.1, -0.05) is 31.5 Å². The summed E-state index contributed by atoms with van der Waals surface area (Å²) in [7, 11) is 1.46. The third-order valence-corrected chi connectivity index (χ3v) is 6.66. The summed E-state index contributed by atoms with van der Waals surface area (Å²) in [5.74, 6) is 1.51. The van der Waals surface area contributed by atoms with E-state index in [0.29, 0.717) is 61.8 Å². The Morgan fingerprint density at radius 2 is 2.00 bits per heavy atom. The fourth-order valence-electron chi connectivity index (χ4n) is 4.77. The van der Waals surface area contributed by atoms with Gasteiger partial charge in [0.25, 0.3) is 0 Å². The highest BCUT2D eigenvalue weighted by Crippen LogP contribution is 2.38. The number of ether oxygens (including phenoxy) is 3. The average molecular weight is 541 g/mol. The van der Waals surface area contributed by atoms with Gasteiger partial charge in [0.05, 0.1) is 31.3 Å². The van der Waals surface area contributed by atoms with Gasteiger partial charge in [-0.3, -0.25) is 9.69 Å². The maximum Gasteiger partial charge on any atom is 0.227 e. The van der Waals surface area contributed by atoms with Gasteiger partial charge in [0, 0.05) is 32.6 Å². The largest absolute Gasteiger partial charge is 0.494 e. The number of methoxy groups -OCH3 is 1. The Hall–Kier alpha value is -2.22. The molecule has 2 heterocycles. The molecule has 6 nitrogen and oxygen atoms in total. The summed E-state index contributed by atoms with van der Waals surface area (Å²) < 4.78 is 30.4. The van der Waals surface area contributed by atoms with Crippen molar-refractivity contribution < 1.29 is 23.4 Å². The minimum absolute atomic E-state index is 0. The van der Waals surface area contributed by atoms with Gasteiger partial charge in [-0.2, -0.15) is 0 Å². The van der Waals surface area contributed by atoms with Crippen LogP contribution in [0.5, 0.6) is 17.2 Å². The molecule has 2 aromatic rings. The molecule has 2 aliphatic heterocycles. The van der Waals surface area contributed by atoms with Crippen molar-refractivity contribution in [3.8, 4) is 17.2 Å². The molecule has 0 N–H and O–H groups in total. The lowest BCUT2D eigenvalue weighted by molar-refractivity contribution is -0.136. The Morgan fingerprint density at radius 3 is 2.75 bits per heavy atom. The van der Waals surface area contributed by atoms with Gasteiger partial charge in [0.2, 0.25) is 5.91 Å². The summed E-state index contributed by atoms with van der Waals surface area (Å²) in [6, 6.07) is 8.74.